The van der Waals surface area contributed by atoms with Crippen LogP contribution in [0.3, 0.4) is 0 Å². The Morgan fingerprint density at radius 3 is 2.55 bits per heavy atom. The Bertz CT molecular complexity index is 817. The summed E-state index contributed by atoms with van der Waals surface area (Å²) in [6.07, 6.45) is 0.784. The first kappa shape index (κ1) is 14.9. The lowest BCUT2D eigenvalue weighted by Gasteiger charge is -2.19. The Hall–Kier alpha value is -2.00. The molecule has 0 saturated heterocycles. The Balaban J connectivity index is 2.14. The van der Waals surface area contributed by atoms with Gasteiger partial charge in [0.05, 0.1) is 34.0 Å². The molecule has 1 aliphatic carbocycles. The molecule has 0 heterocycles. The standard InChI is InChI=1S/C18H12Cl2N2/c19-16-6-5-12(9-17(16)20)14-10-18(11-22,7-8-21)15-4-2-1-3-13(14)15/h1-6,9,14H,7,10H2/t14-,18+/m1/s1. The van der Waals surface area contributed by atoms with Crippen LogP contribution in [0.2, 0.25) is 10.0 Å². The first-order valence-electron chi connectivity index (χ1n) is 6.94. The molecule has 0 bridgehead atoms. The van der Waals surface area contributed by atoms with Crippen LogP contribution in [0.15, 0.2) is 42.5 Å². The van der Waals surface area contributed by atoms with E-state index in [0.717, 1.165) is 16.7 Å². The van der Waals surface area contributed by atoms with Crippen molar-refractivity contribution >= 4 is 23.2 Å². The van der Waals surface area contributed by atoms with Crippen molar-refractivity contribution in [2.24, 2.45) is 0 Å². The van der Waals surface area contributed by atoms with Gasteiger partial charge in [-0.1, -0.05) is 53.5 Å². The first-order valence-corrected chi connectivity index (χ1v) is 7.69. The predicted octanol–water partition coefficient (Wildman–Crippen LogP) is 5.20. The zero-order valence-corrected chi connectivity index (χ0v) is 13.2. The molecule has 108 valence electrons. The van der Waals surface area contributed by atoms with E-state index in [1.165, 1.54) is 0 Å². The molecule has 0 saturated carbocycles. The summed E-state index contributed by atoms with van der Waals surface area (Å²) in [5, 5.41) is 19.9. The average molecular weight is 327 g/mol. The predicted molar refractivity (Wildman–Crippen MR) is 86.9 cm³/mol. The van der Waals surface area contributed by atoms with Crippen molar-refractivity contribution in [3.63, 3.8) is 0 Å². The van der Waals surface area contributed by atoms with Gasteiger partial charge >= 0.3 is 0 Å². The Morgan fingerprint density at radius 2 is 1.86 bits per heavy atom. The van der Waals surface area contributed by atoms with Gasteiger partial charge in [-0.25, -0.2) is 0 Å². The molecule has 0 aromatic heterocycles. The van der Waals surface area contributed by atoms with Crippen LogP contribution in [0.4, 0.5) is 0 Å². The van der Waals surface area contributed by atoms with Gasteiger partial charge in [0.1, 0.15) is 0 Å². The van der Waals surface area contributed by atoms with Gasteiger partial charge in [0, 0.05) is 5.92 Å². The Kier molecular flexibility index (Phi) is 3.83. The summed E-state index contributed by atoms with van der Waals surface area (Å²) in [4.78, 5) is 0. The molecule has 1 aliphatic rings. The number of rotatable bonds is 2. The van der Waals surface area contributed by atoms with Crippen LogP contribution < -0.4 is 0 Å². The van der Waals surface area contributed by atoms with Gasteiger partial charge in [0.25, 0.3) is 0 Å². The maximum atomic E-state index is 9.71. The summed E-state index contributed by atoms with van der Waals surface area (Å²) in [5.74, 6) is 0.0546. The molecule has 2 aromatic rings. The molecule has 3 rings (SSSR count). The summed E-state index contributed by atoms with van der Waals surface area (Å²) >= 11 is 12.1. The highest BCUT2D eigenvalue weighted by Gasteiger charge is 2.44. The number of nitriles is 2. The summed E-state index contributed by atoms with van der Waals surface area (Å²) < 4.78 is 0. The van der Waals surface area contributed by atoms with Crippen LogP contribution in [0.5, 0.6) is 0 Å². The first-order chi connectivity index (χ1) is 10.6. The zero-order chi connectivity index (χ0) is 15.7. The Labute approximate surface area is 139 Å². The molecule has 22 heavy (non-hydrogen) atoms. The number of nitrogens with zero attached hydrogens (tertiary/aromatic N) is 2. The summed E-state index contributed by atoms with van der Waals surface area (Å²) in [5.41, 5.74) is 2.33. The number of halogens is 2. The van der Waals surface area contributed by atoms with Crippen LogP contribution >= 0.6 is 23.2 Å². The van der Waals surface area contributed by atoms with Crippen molar-refractivity contribution in [3.05, 3.63) is 69.2 Å². The molecule has 2 atom stereocenters. The molecule has 0 radical (unpaired) electrons. The normalized spacial score (nSPS) is 22.6. The van der Waals surface area contributed by atoms with E-state index in [-0.39, 0.29) is 12.3 Å². The van der Waals surface area contributed by atoms with E-state index in [4.69, 9.17) is 28.5 Å². The molecule has 0 amide bonds. The third-order valence-corrected chi connectivity index (χ3v) is 5.08. The second-order valence-electron chi connectivity index (χ2n) is 5.55. The minimum atomic E-state index is -0.748. The minimum absolute atomic E-state index is 0.0546. The SMILES string of the molecule is N#CC[C@@]1(C#N)C[C@H](c2ccc(Cl)c(Cl)c2)c2ccccc21. The molecular formula is C18H12Cl2N2. The quantitative estimate of drug-likeness (QED) is 0.761. The fourth-order valence-electron chi connectivity index (χ4n) is 3.28. The van der Waals surface area contributed by atoms with E-state index in [1.807, 2.05) is 36.4 Å². The second kappa shape index (κ2) is 5.65. The van der Waals surface area contributed by atoms with Crippen molar-refractivity contribution in [3.8, 4) is 12.1 Å². The second-order valence-corrected chi connectivity index (χ2v) is 6.36. The number of fused-ring (bicyclic) bond motifs is 1. The van der Waals surface area contributed by atoms with Gasteiger partial charge in [0.15, 0.2) is 0 Å². The third kappa shape index (κ3) is 2.26. The van der Waals surface area contributed by atoms with Gasteiger partial charge in [-0.2, -0.15) is 10.5 Å². The topological polar surface area (TPSA) is 47.6 Å². The third-order valence-electron chi connectivity index (χ3n) is 4.35. The van der Waals surface area contributed by atoms with Gasteiger partial charge in [-0.05, 0) is 35.2 Å². The molecule has 0 unspecified atom stereocenters. The molecule has 0 N–H and O–H groups in total. The molecule has 0 aliphatic heterocycles. The molecule has 2 nitrogen and oxygen atoms in total. The number of benzene rings is 2. The van der Waals surface area contributed by atoms with E-state index in [2.05, 4.69) is 12.1 Å². The Morgan fingerprint density at radius 1 is 1.09 bits per heavy atom. The summed E-state index contributed by atoms with van der Waals surface area (Å²) in [7, 11) is 0. The van der Waals surface area contributed by atoms with E-state index >= 15 is 0 Å². The fourth-order valence-corrected chi connectivity index (χ4v) is 3.59. The van der Waals surface area contributed by atoms with Crippen molar-refractivity contribution < 1.29 is 0 Å². The molecular weight excluding hydrogens is 315 g/mol. The van der Waals surface area contributed by atoms with Crippen LogP contribution in [-0.2, 0) is 5.41 Å². The van der Waals surface area contributed by atoms with Gasteiger partial charge in [0.2, 0.25) is 0 Å². The monoisotopic (exact) mass is 326 g/mol. The van der Waals surface area contributed by atoms with E-state index in [1.54, 1.807) is 6.07 Å². The highest BCUT2D eigenvalue weighted by molar-refractivity contribution is 6.42. The van der Waals surface area contributed by atoms with Crippen molar-refractivity contribution in [1.29, 1.82) is 10.5 Å². The fraction of sp³-hybridized carbons (Fsp3) is 0.222. The van der Waals surface area contributed by atoms with Gasteiger partial charge < -0.3 is 0 Å². The molecule has 0 spiro atoms. The van der Waals surface area contributed by atoms with E-state index in [9.17, 15) is 5.26 Å². The molecule has 0 fully saturated rings. The molecule has 2 aromatic carbocycles. The number of hydrogen-bond donors (Lipinski definition) is 0. The minimum Gasteiger partial charge on any atom is -0.198 e. The maximum Gasteiger partial charge on any atom is 0.0963 e. The summed E-state index contributed by atoms with van der Waals surface area (Å²) in [6, 6.07) is 18.0. The number of hydrogen-bond acceptors (Lipinski definition) is 2. The smallest absolute Gasteiger partial charge is 0.0963 e. The van der Waals surface area contributed by atoms with Crippen LogP contribution in [0.1, 0.15) is 35.4 Å². The van der Waals surface area contributed by atoms with Crippen molar-refractivity contribution in [1.82, 2.24) is 0 Å². The highest BCUT2D eigenvalue weighted by atomic mass is 35.5. The van der Waals surface area contributed by atoms with Crippen LogP contribution in [-0.4, -0.2) is 0 Å². The maximum absolute atomic E-state index is 9.71. The van der Waals surface area contributed by atoms with Crippen molar-refractivity contribution in [2.45, 2.75) is 24.2 Å². The van der Waals surface area contributed by atoms with Crippen molar-refractivity contribution in [2.75, 3.05) is 0 Å². The van der Waals surface area contributed by atoms with Gasteiger partial charge in [-0.3, -0.25) is 0 Å². The van der Waals surface area contributed by atoms with E-state index in [0.29, 0.717) is 16.5 Å². The average Bonchev–Trinajstić information content (AvgIpc) is 2.86. The highest BCUT2D eigenvalue weighted by Crippen LogP contribution is 2.50. The lowest BCUT2D eigenvalue weighted by atomic mass is 9.79. The van der Waals surface area contributed by atoms with Crippen LogP contribution in [0.25, 0.3) is 0 Å². The summed E-state index contributed by atoms with van der Waals surface area (Å²) in [6.45, 7) is 0. The van der Waals surface area contributed by atoms with Crippen LogP contribution in [0, 0.1) is 22.7 Å². The van der Waals surface area contributed by atoms with E-state index < -0.39 is 5.41 Å². The largest absolute Gasteiger partial charge is 0.198 e. The van der Waals surface area contributed by atoms with Gasteiger partial charge in [-0.15, -0.1) is 0 Å². The lowest BCUT2D eigenvalue weighted by Crippen LogP contribution is -2.20. The zero-order valence-electron chi connectivity index (χ0n) is 11.7. The lowest BCUT2D eigenvalue weighted by molar-refractivity contribution is 0.532. The molecule has 4 heteroatoms.